The van der Waals surface area contributed by atoms with Crippen molar-refractivity contribution in [1.29, 1.82) is 0 Å². The number of fused-ring (bicyclic) bond motifs is 1. The average molecular weight is 199 g/mol. The van der Waals surface area contributed by atoms with Gasteiger partial charge in [-0.05, 0) is 36.0 Å². The second-order valence-corrected chi connectivity index (χ2v) is 4.51. The Bertz CT molecular complexity index is 472. The molecule has 0 radical (unpaired) electrons. The van der Waals surface area contributed by atoms with Crippen LogP contribution >= 0.6 is 0 Å². The lowest BCUT2D eigenvalue weighted by Gasteiger charge is -2.26. The van der Waals surface area contributed by atoms with Gasteiger partial charge in [-0.25, -0.2) is 0 Å². The minimum Gasteiger partial charge on any atom is -0.257 e. The van der Waals surface area contributed by atoms with Crippen molar-refractivity contribution in [2.45, 2.75) is 26.2 Å². The molecule has 1 heteroatoms. The van der Waals surface area contributed by atoms with Crippen LogP contribution in [0.2, 0.25) is 0 Å². The van der Waals surface area contributed by atoms with Gasteiger partial charge in [-0.1, -0.05) is 31.2 Å². The van der Waals surface area contributed by atoms with E-state index < -0.39 is 0 Å². The Labute approximate surface area is 90.9 Å². The highest BCUT2D eigenvalue weighted by molar-refractivity contribution is 5.42. The molecule has 2 rings (SSSR count). The third kappa shape index (κ3) is 2.17. The summed E-state index contributed by atoms with van der Waals surface area (Å²) >= 11 is 0. The van der Waals surface area contributed by atoms with E-state index in [2.05, 4.69) is 36.7 Å². The molecule has 1 aromatic heterocycles. The van der Waals surface area contributed by atoms with Crippen molar-refractivity contribution in [3.8, 4) is 0 Å². The molecule has 0 spiro atoms. The van der Waals surface area contributed by atoms with E-state index in [9.17, 15) is 0 Å². The zero-order valence-corrected chi connectivity index (χ0v) is 9.24. The summed E-state index contributed by atoms with van der Waals surface area (Å²) < 4.78 is 0. The summed E-state index contributed by atoms with van der Waals surface area (Å²) in [6, 6.07) is 4.15. The fraction of sp³-hybridized carbons (Fsp3) is 0.357. The summed E-state index contributed by atoms with van der Waals surface area (Å²) in [6.45, 7) is 6.09. The lowest BCUT2D eigenvalue weighted by atomic mass is 9.79. The fourth-order valence-corrected chi connectivity index (χ4v) is 2.09. The quantitative estimate of drug-likeness (QED) is 0.679. The Balaban J connectivity index is 2.36. The number of nitrogens with zero attached hydrogens (tertiary/aromatic N) is 1. The van der Waals surface area contributed by atoms with E-state index in [0.29, 0.717) is 0 Å². The van der Waals surface area contributed by atoms with Crippen LogP contribution in [0.25, 0.3) is 12.2 Å². The van der Waals surface area contributed by atoms with Crippen LogP contribution in [0.15, 0.2) is 31.0 Å². The minimum absolute atomic E-state index is 0.282. The number of rotatable bonds is 3. The topological polar surface area (TPSA) is 12.9 Å². The van der Waals surface area contributed by atoms with Crippen molar-refractivity contribution in [1.82, 2.24) is 4.98 Å². The van der Waals surface area contributed by atoms with Gasteiger partial charge in [-0.2, -0.15) is 0 Å². The van der Waals surface area contributed by atoms with Crippen LogP contribution in [0.1, 0.15) is 26.2 Å². The Morgan fingerprint density at radius 2 is 2.47 bits per heavy atom. The van der Waals surface area contributed by atoms with Crippen LogP contribution < -0.4 is 10.6 Å². The summed E-state index contributed by atoms with van der Waals surface area (Å²) in [4.78, 5) is 4.36. The third-order valence-corrected chi connectivity index (χ3v) is 3.06. The molecular weight excluding hydrogens is 182 g/mol. The minimum atomic E-state index is 0.282. The number of pyridine rings is 1. The van der Waals surface area contributed by atoms with Crippen LogP contribution in [0, 0.1) is 5.41 Å². The Morgan fingerprint density at radius 3 is 3.27 bits per heavy atom. The molecule has 1 heterocycles. The highest BCUT2D eigenvalue weighted by Gasteiger charge is 2.21. The van der Waals surface area contributed by atoms with Crippen LogP contribution in [-0.4, -0.2) is 4.98 Å². The number of allylic oxidation sites excluding steroid dienone is 1. The molecule has 1 atom stereocenters. The fourth-order valence-electron chi connectivity index (χ4n) is 2.09. The summed E-state index contributed by atoms with van der Waals surface area (Å²) in [5, 5.41) is 2.41. The maximum absolute atomic E-state index is 4.36. The molecule has 1 nitrogen and oxygen atoms in total. The summed E-state index contributed by atoms with van der Waals surface area (Å²) in [5.41, 5.74) is 0.282. The molecule has 0 saturated heterocycles. The highest BCUT2D eigenvalue weighted by atomic mass is 14.6. The van der Waals surface area contributed by atoms with Gasteiger partial charge in [-0.15, -0.1) is 6.58 Å². The maximum Gasteiger partial charge on any atom is 0.0659 e. The second-order valence-electron chi connectivity index (χ2n) is 4.51. The number of hydrogen-bond donors (Lipinski definition) is 0. The number of aromatic nitrogens is 1. The Hall–Kier alpha value is -1.37. The van der Waals surface area contributed by atoms with Gasteiger partial charge in [0.2, 0.25) is 0 Å². The molecule has 0 aliphatic heterocycles. The van der Waals surface area contributed by atoms with Crippen LogP contribution in [-0.2, 0) is 0 Å². The lowest BCUT2D eigenvalue weighted by Crippen LogP contribution is -2.34. The van der Waals surface area contributed by atoms with Crippen molar-refractivity contribution in [2.24, 2.45) is 5.41 Å². The Morgan fingerprint density at radius 1 is 1.60 bits per heavy atom. The van der Waals surface area contributed by atoms with Crippen molar-refractivity contribution in [2.75, 3.05) is 0 Å². The van der Waals surface area contributed by atoms with Gasteiger partial charge in [0.1, 0.15) is 0 Å². The zero-order valence-electron chi connectivity index (χ0n) is 9.24. The second kappa shape index (κ2) is 4.01. The third-order valence-electron chi connectivity index (χ3n) is 3.06. The van der Waals surface area contributed by atoms with E-state index in [1.807, 2.05) is 18.3 Å². The molecular formula is C14H17N. The maximum atomic E-state index is 4.36. The van der Waals surface area contributed by atoms with Gasteiger partial charge in [0, 0.05) is 6.20 Å². The smallest absolute Gasteiger partial charge is 0.0659 e. The molecule has 0 fully saturated rings. The predicted molar refractivity (Wildman–Crippen MR) is 64.6 cm³/mol. The molecule has 1 aliphatic rings. The van der Waals surface area contributed by atoms with E-state index in [4.69, 9.17) is 0 Å². The summed E-state index contributed by atoms with van der Waals surface area (Å²) in [7, 11) is 0. The Kier molecular flexibility index (Phi) is 2.72. The molecule has 78 valence electrons. The number of hydrogen-bond acceptors (Lipinski definition) is 1. The van der Waals surface area contributed by atoms with Gasteiger partial charge in [-0.3, -0.25) is 4.98 Å². The zero-order chi connectivity index (χ0) is 10.7. The predicted octanol–water partition coefficient (Wildman–Crippen LogP) is 2.02. The van der Waals surface area contributed by atoms with E-state index in [-0.39, 0.29) is 5.41 Å². The molecule has 0 saturated carbocycles. The molecule has 1 aliphatic carbocycles. The molecule has 15 heavy (non-hydrogen) atoms. The van der Waals surface area contributed by atoms with Gasteiger partial charge in [0.25, 0.3) is 0 Å². The first kappa shape index (κ1) is 10.2. The van der Waals surface area contributed by atoms with Crippen molar-refractivity contribution in [3.05, 3.63) is 41.6 Å². The van der Waals surface area contributed by atoms with Gasteiger partial charge >= 0.3 is 0 Å². The SMILES string of the molecule is C=CCCC1(C)C=c2cccnc2=CC1. The molecule has 0 bridgehead atoms. The van der Waals surface area contributed by atoms with Gasteiger partial charge < -0.3 is 0 Å². The molecule has 0 N–H and O–H groups in total. The van der Waals surface area contributed by atoms with E-state index >= 15 is 0 Å². The largest absolute Gasteiger partial charge is 0.257 e. The van der Waals surface area contributed by atoms with Gasteiger partial charge in [0.15, 0.2) is 0 Å². The first-order valence-corrected chi connectivity index (χ1v) is 5.49. The van der Waals surface area contributed by atoms with E-state index in [0.717, 1.165) is 18.2 Å². The molecule has 0 aromatic carbocycles. The van der Waals surface area contributed by atoms with Gasteiger partial charge in [0.05, 0.1) is 5.35 Å². The van der Waals surface area contributed by atoms with Crippen molar-refractivity contribution >= 4 is 12.2 Å². The monoisotopic (exact) mass is 199 g/mol. The normalized spacial score (nSPS) is 23.5. The molecule has 1 unspecified atom stereocenters. The van der Waals surface area contributed by atoms with Crippen LogP contribution in [0.3, 0.4) is 0 Å². The first-order valence-electron chi connectivity index (χ1n) is 5.49. The van der Waals surface area contributed by atoms with Crippen LogP contribution in [0.4, 0.5) is 0 Å². The highest BCUT2D eigenvalue weighted by Crippen LogP contribution is 2.31. The summed E-state index contributed by atoms with van der Waals surface area (Å²) in [5.74, 6) is 0. The summed E-state index contributed by atoms with van der Waals surface area (Å²) in [6.07, 6.45) is 11.8. The lowest BCUT2D eigenvalue weighted by molar-refractivity contribution is 0.437. The van der Waals surface area contributed by atoms with Crippen molar-refractivity contribution in [3.63, 3.8) is 0 Å². The standard InChI is InChI=1S/C14H17N/c1-3-4-8-14(2)9-7-13-12(11-14)6-5-10-15-13/h3,5-7,10-11H,1,4,8-9H2,2H3. The first-order chi connectivity index (χ1) is 7.23. The van der Waals surface area contributed by atoms with Crippen LogP contribution in [0.5, 0.6) is 0 Å². The van der Waals surface area contributed by atoms with E-state index in [1.54, 1.807) is 0 Å². The van der Waals surface area contributed by atoms with Crippen molar-refractivity contribution < 1.29 is 0 Å². The van der Waals surface area contributed by atoms with E-state index in [1.165, 1.54) is 11.6 Å². The molecule has 0 amide bonds. The molecule has 1 aromatic rings. The average Bonchev–Trinajstić information content (AvgIpc) is 2.26.